The summed E-state index contributed by atoms with van der Waals surface area (Å²) in [5.41, 5.74) is 1.86. The summed E-state index contributed by atoms with van der Waals surface area (Å²) in [6.45, 7) is 3.74. The highest BCUT2D eigenvalue weighted by Gasteiger charge is 2.16. The Labute approximate surface area is 106 Å². The summed E-state index contributed by atoms with van der Waals surface area (Å²) in [6.07, 6.45) is 4.00. The lowest BCUT2D eigenvalue weighted by atomic mass is 10.1. The fourth-order valence-corrected chi connectivity index (χ4v) is 2.65. The van der Waals surface area contributed by atoms with E-state index in [-0.39, 0.29) is 5.56 Å². The van der Waals surface area contributed by atoms with Gasteiger partial charge in [-0.3, -0.25) is 9.36 Å². The Bertz CT molecular complexity index is 626. The van der Waals surface area contributed by atoms with Crippen molar-refractivity contribution in [3.05, 3.63) is 40.4 Å². The van der Waals surface area contributed by atoms with E-state index in [4.69, 9.17) is 0 Å². The zero-order chi connectivity index (χ0) is 12.5. The molecular weight excluding hydrogens is 226 g/mol. The van der Waals surface area contributed by atoms with E-state index >= 15 is 0 Å². The number of nitrogens with one attached hydrogen (secondary N) is 1. The van der Waals surface area contributed by atoms with Gasteiger partial charge in [0.2, 0.25) is 0 Å². The quantitative estimate of drug-likeness (QED) is 0.868. The number of aryl methyl sites for hydroxylation is 1. The first-order valence-electron chi connectivity index (χ1n) is 6.44. The van der Waals surface area contributed by atoms with Gasteiger partial charge in [-0.2, -0.15) is 0 Å². The molecular formula is C14H17N3O. The fourth-order valence-electron chi connectivity index (χ4n) is 2.65. The highest BCUT2D eigenvalue weighted by Crippen LogP contribution is 2.12. The van der Waals surface area contributed by atoms with Crippen molar-refractivity contribution in [2.45, 2.75) is 32.4 Å². The number of aromatic nitrogens is 2. The van der Waals surface area contributed by atoms with Crippen LogP contribution in [0.1, 0.15) is 18.4 Å². The lowest BCUT2D eigenvalue weighted by Gasteiger charge is -2.13. The van der Waals surface area contributed by atoms with Crippen molar-refractivity contribution in [2.24, 2.45) is 0 Å². The molecule has 0 spiro atoms. The predicted molar refractivity (Wildman–Crippen MR) is 71.8 cm³/mol. The SMILES string of the molecule is Cc1cccc2ncn(CC3CCCN3)c(=O)c12. The van der Waals surface area contributed by atoms with Crippen LogP contribution < -0.4 is 10.9 Å². The van der Waals surface area contributed by atoms with Crippen LogP contribution in [-0.2, 0) is 6.54 Å². The van der Waals surface area contributed by atoms with Gasteiger partial charge in [0.1, 0.15) is 0 Å². The van der Waals surface area contributed by atoms with Gasteiger partial charge >= 0.3 is 0 Å². The first-order valence-corrected chi connectivity index (χ1v) is 6.44. The van der Waals surface area contributed by atoms with E-state index in [2.05, 4.69) is 10.3 Å². The van der Waals surface area contributed by atoms with E-state index < -0.39 is 0 Å². The van der Waals surface area contributed by atoms with E-state index in [9.17, 15) is 4.79 Å². The van der Waals surface area contributed by atoms with Gasteiger partial charge in [-0.1, -0.05) is 12.1 Å². The Hall–Kier alpha value is -1.68. The lowest BCUT2D eigenvalue weighted by molar-refractivity contribution is 0.497. The van der Waals surface area contributed by atoms with Crippen LogP contribution in [0.4, 0.5) is 0 Å². The van der Waals surface area contributed by atoms with Crippen molar-refractivity contribution in [1.29, 1.82) is 0 Å². The second-order valence-electron chi connectivity index (χ2n) is 4.96. The summed E-state index contributed by atoms with van der Waals surface area (Å²) in [4.78, 5) is 16.8. The Morgan fingerprint density at radius 1 is 1.50 bits per heavy atom. The van der Waals surface area contributed by atoms with Gasteiger partial charge in [0.05, 0.1) is 17.2 Å². The maximum absolute atomic E-state index is 12.4. The third-order valence-electron chi connectivity index (χ3n) is 3.64. The summed E-state index contributed by atoms with van der Waals surface area (Å²) >= 11 is 0. The highest BCUT2D eigenvalue weighted by atomic mass is 16.1. The number of fused-ring (bicyclic) bond motifs is 1. The smallest absolute Gasteiger partial charge is 0.261 e. The molecule has 0 radical (unpaired) electrons. The third-order valence-corrected chi connectivity index (χ3v) is 3.64. The van der Waals surface area contributed by atoms with Gasteiger partial charge in [0.15, 0.2) is 0 Å². The van der Waals surface area contributed by atoms with Crippen LogP contribution in [0.25, 0.3) is 10.9 Å². The minimum Gasteiger partial charge on any atom is -0.312 e. The molecule has 1 saturated heterocycles. The molecule has 1 aromatic carbocycles. The summed E-state index contributed by atoms with van der Waals surface area (Å²) < 4.78 is 1.73. The molecule has 2 aromatic rings. The van der Waals surface area contributed by atoms with Crippen LogP contribution in [-0.4, -0.2) is 22.1 Å². The van der Waals surface area contributed by atoms with E-state index in [1.807, 2.05) is 25.1 Å². The maximum atomic E-state index is 12.4. The van der Waals surface area contributed by atoms with E-state index in [1.165, 1.54) is 6.42 Å². The molecule has 0 saturated carbocycles. The summed E-state index contributed by atoms with van der Waals surface area (Å²) in [7, 11) is 0. The molecule has 1 N–H and O–H groups in total. The Balaban J connectivity index is 2.05. The summed E-state index contributed by atoms with van der Waals surface area (Å²) in [5.74, 6) is 0. The molecule has 1 aliphatic rings. The Kier molecular flexibility index (Phi) is 2.88. The standard InChI is InChI=1S/C14H17N3O/c1-10-4-2-6-12-13(10)14(18)17(9-16-12)8-11-5-3-7-15-11/h2,4,6,9,11,15H,3,5,7-8H2,1H3. The first kappa shape index (κ1) is 11.4. The van der Waals surface area contributed by atoms with Crippen molar-refractivity contribution < 1.29 is 0 Å². The predicted octanol–water partition coefficient (Wildman–Crippen LogP) is 1.46. The molecule has 0 aliphatic carbocycles. The molecule has 1 unspecified atom stereocenters. The molecule has 0 amide bonds. The van der Waals surface area contributed by atoms with E-state index in [1.54, 1.807) is 10.9 Å². The molecule has 94 valence electrons. The zero-order valence-electron chi connectivity index (χ0n) is 10.5. The largest absolute Gasteiger partial charge is 0.312 e. The molecule has 4 heteroatoms. The molecule has 1 aromatic heterocycles. The number of hydrogen-bond donors (Lipinski definition) is 1. The van der Waals surface area contributed by atoms with Gasteiger partial charge in [-0.05, 0) is 37.9 Å². The van der Waals surface area contributed by atoms with Gasteiger partial charge in [0, 0.05) is 12.6 Å². The van der Waals surface area contributed by atoms with Crippen molar-refractivity contribution in [3.63, 3.8) is 0 Å². The second-order valence-corrected chi connectivity index (χ2v) is 4.96. The van der Waals surface area contributed by atoms with Crippen LogP contribution in [0, 0.1) is 6.92 Å². The summed E-state index contributed by atoms with van der Waals surface area (Å²) in [6, 6.07) is 6.20. The van der Waals surface area contributed by atoms with Crippen molar-refractivity contribution in [1.82, 2.24) is 14.9 Å². The number of rotatable bonds is 2. The van der Waals surface area contributed by atoms with Gasteiger partial charge < -0.3 is 5.32 Å². The minimum atomic E-state index is 0.0757. The average molecular weight is 243 g/mol. The third kappa shape index (κ3) is 1.93. The number of nitrogens with zero attached hydrogens (tertiary/aromatic N) is 2. The Morgan fingerprint density at radius 2 is 2.39 bits per heavy atom. The molecule has 18 heavy (non-hydrogen) atoms. The van der Waals surface area contributed by atoms with Crippen LogP contribution >= 0.6 is 0 Å². The topological polar surface area (TPSA) is 46.9 Å². The Morgan fingerprint density at radius 3 is 3.17 bits per heavy atom. The average Bonchev–Trinajstić information content (AvgIpc) is 2.86. The normalized spacial score (nSPS) is 19.5. The number of benzene rings is 1. The maximum Gasteiger partial charge on any atom is 0.261 e. The van der Waals surface area contributed by atoms with Gasteiger partial charge in [0.25, 0.3) is 5.56 Å². The van der Waals surface area contributed by atoms with Gasteiger partial charge in [-0.15, -0.1) is 0 Å². The molecule has 0 bridgehead atoms. The van der Waals surface area contributed by atoms with Crippen LogP contribution in [0.5, 0.6) is 0 Å². The molecule has 3 rings (SSSR count). The fraction of sp³-hybridized carbons (Fsp3) is 0.429. The number of hydrogen-bond acceptors (Lipinski definition) is 3. The minimum absolute atomic E-state index is 0.0757. The van der Waals surface area contributed by atoms with Crippen LogP contribution in [0.15, 0.2) is 29.3 Å². The molecule has 2 heterocycles. The van der Waals surface area contributed by atoms with E-state index in [0.29, 0.717) is 6.04 Å². The first-order chi connectivity index (χ1) is 8.75. The highest BCUT2D eigenvalue weighted by molar-refractivity contribution is 5.80. The van der Waals surface area contributed by atoms with Crippen molar-refractivity contribution in [2.75, 3.05) is 6.54 Å². The monoisotopic (exact) mass is 243 g/mol. The van der Waals surface area contributed by atoms with Gasteiger partial charge in [-0.25, -0.2) is 4.98 Å². The molecule has 1 fully saturated rings. The van der Waals surface area contributed by atoms with Crippen molar-refractivity contribution in [3.8, 4) is 0 Å². The van der Waals surface area contributed by atoms with E-state index in [0.717, 1.165) is 36.0 Å². The molecule has 1 aliphatic heterocycles. The summed E-state index contributed by atoms with van der Waals surface area (Å²) in [5, 5.41) is 4.16. The van der Waals surface area contributed by atoms with Crippen LogP contribution in [0.3, 0.4) is 0 Å². The van der Waals surface area contributed by atoms with Crippen molar-refractivity contribution >= 4 is 10.9 Å². The second kappa shape index (κ2) is 4.53. The lowest BCUT2D eigenvalue weighted by Crippen LogP contribution is -2.32. The molecule has 1 atom stereocenters. The zero-order valence-corrected chi connectivity index (χ0v) is 10.5. The molecule has 4 nitrogen and oxygen atoms in total. The van der Waals surface area contributed by atoms with Crippen LogP contribution in [0.2, 0.25) is 0 Å².